The predicted octanol–water partition coefficient (Wildman–Crippen LogP) is 4.32. The molecule has 230 valence electrons. The normalized spacial score (nSPS) is 14.0. The maximum Gasteiger partial charge on any atom is 0.422 e. The van der Waals surface area contributed by atoms with Gasteiger partial charge in [-0.05, 0) is 60.5 Å². The van der Waals surface area contributed by atoms with Crippen molar-refractivity contribution in [1.29, 1.82) is 0 Å². The van der Waals surface area contributed by atoms with Crippen molar-refractivity contribution in [2.24, 2.45) is 0 Å². The van der Waals surface area contributed by atoms with Crippen LogP contribution in [-0.4, -0.2) is 80.6 Å². The van der Waals surface area contributed by atoms with Crippen molar-refractivity contribution >= 4 is 17.5 Å². The van der Waals surface area contributed by atoms with E-state index in [1.807, 2.05) is 0 Å². The first-order chi connectivity index (χ1) is 21.0. The van der Waals surface area contributed by atoms with E-state index in [2.05, 4.69) is 25.5 Å². The summed E-state index contributed by atoms with van der Waals surface area (Å²) < 4.78 is 56.5. The highest BCUT2D eigenvalue weighted by atomic mass is 19.4. The average molecular weight is 612 g/mol. The number of amides is 2. The Balaban J connectivity index is 1.11. The summed E-state index contributed by atoms with van der Waals surface area (Å²) in [5.74, 6) is -0.891. The average Bonchev–Trinajstić information content (AvgIpc) is 3.37. The molecule has 4 aromatic rings. The smallest absolute Gasteiger partial charge is 0.422 e. The molecule has 44 heavy (non-hydrogen) atoms. The van der Waals surface area contributed by atoms with Gasteiger partial charge in [0.25, 0.3) is 11.8 Å². The second-order valence-corrected chi connectivity index (χ2v) is 10.3. The van der Waals surface area contributed by atoms with Crippen LogP contribution in [0.1, 0.15) is 37.8 Å². The lowest BCUT2D eigenvalue weighted by molar-refractivity contribution is -0.153. The molecule has 1 saturated heterocycles. The van der Waals surface area contributed by atoms with Crippen LogP contribution in [0.5, 0.6) is 5.75 Å². The molecule has 2 aromatic carbocycles. The highest BCUT2D eigenvalue weighted by Crippen LogP contribution is 2.20. The van der Waals surface area contributed by atoms with Gasteiger partial charge >= 0.3 is 6.18 Å². The second-order valence-electron chi connectivity index (χ2n) is 10.3. The van der Waals surface area contributed by atoms with Crippen LogP contribution in [0.2, 0.25) is 0 Å². The van der Waals surface area contributed by atoms with Gasteiger partial charge in [0.05, 0.1) is 12.2 Å². The van der Waals surface area contributed by atoms with Crippen molar-refractivity contribution in [1.82, 2.24) is 29.8 Å². The minimum atomic E-state index is -4.39. The van der Waals surface area contributed by atoms with Gasteiger partial charge in [0, 0.05) is 44.6 Å². The van der Waals surface area contributed by atoms with E-state index in [9.17, 15) is 27.2 Å². The Morgan fingerprint density at radius 2 is 1.59 bits per heavy atom. The quantitative estimate of drug-likeness (QED) is 0.281. The molecule has 10 nitrogen and oxygen atoms in total. The molecule has 1 N–H and O–H groups in total. The monoisotopic (exact) mass is 611 g/mol. The van der Waals surface area contributed by atoms with E-state index in [4.69, 9.17) is 4.74 Å². The number of hydrogen-bond acceptors (Lipinski definition) is 7. The minimum absolute atomic E-state index is 0.157. The van der Waals surface area contributed by atoms with Crippen LogP contribution in [0.3, 0.4) is 0 Å². The number of benzene rings is 2. The Morgan fingerprint density at radius 3 is 2.23 bits per heavy atom. The van der Waals surface area contributed by atoms with E-state index >= 15 is 0 Å². The number of hydrogen-bond donors (Lipinski definition) is 1. The third-order valence-electron chi connectivity index (χ3n) is 7.07. The number of anilines is 1. The van der Waals surface area contributed by atoms with Gasteiger partial charge in [-0.3, -0.25) is 19.5 Å². The minimum Gasteiger partial charge on any atom is -0.484 e. The Kier molecular flexibility index (Phi) is 9.18. The van der Waals surface area contributed by atoms with Crippen LogP contribution in [0.15, 0.2) is 66.9 Å². The van der Waals surface area contributed by atoms with Crippen LogP contribution in [0, 0.1) is 12.7 Å². The number of nitrogens with zero attached hydrogens (tertiary/aromatic N) is 6. The van der Waals surface area contributed by atoms with Gasteiger partial charge in [-0.2, -0.15) is 13.2 Å². The molecule has 0 unspecified atom stereocenters. The van der Waals surface area contributed by atoms with Crippen LogP contribution in [0.4, 0.5) is 23.2 Å². The molecule has 0 spiro atoms. The number of aromatic nitrogens is 4. The second kappa shape index (κ2) is 13.2. The maximum absolute atomic E-state index is 13.2. The van der Waals surface area contributed by atoms with Gasteiger partial charge in [-0.1, -0.05) is 23.4 Å². The molecular weight excluding hydrogens is 582 g/mol. The van der Waals surface area contributed by atoms with E-state index in [1.54, 1.807) is 47.0 Å². The number of piperazine rings is 1. The number of pyridine rings is 1. The highest BCUT2D eigenvalue weighted by molar-refractivity contribution is 6.02. The molecule has 14 heteroatoms. The molecule has 0 bridgehead atoms. The number of alkyl halides is 3. The molecule has 5 rings (SSSR count). The van der Waals surface area contributed by atoms with E-state index in [0.29, 0.717) is 50.6 Å². The molecule has 0 radical (unpaired) electrons. The molecule has 2 aromatic heterocycles. The summed E-state index contributed by atoms with van der Waals surface area (Å²) >= 11 is 0. The van der Waals surface area contributed by atoms with E-state index in [1.165, 1.54) is 36.4 Å². The van der Waals surface area contributed by atoms with Crippen LogP contribution in [0.25, 0.3) is 0 Å². The molecule has 2 amide bonds. The van der Waals surface area contributed by atoms with E-state index in [-0.39, 0.29) is 23.0 Å². The lowest BCUT2D eigenvalue weighted by Gasteiger charge is -2.34. The van der Waals surface area contributed by atoms with Crippen molar-refractivity contribution in [2.45, 2.75) is 26.2 Å². The predicted molar refractivity (Wildman–Crippen MR) is 152 cm³/mol. The van der Waals surface area contributed by atoms with Crippen molar-refractivity contribution in [3.8, 4) is 5.75 Å². The van der Waals surface area contributed by atoms with Gasteiger partial charge in [-0.15, -0.1) is 5.10 Å². The summed E-state index contributed by atoms with van der Waals surface area (Å²) in [6.07, 6.45) is -2.84. The lowest BCUT2D eigenvalue weighted by Crippen LogP contribution is -2.48. The number of carbonyl (C=O) groups is 2. The molecule has 0 atom stereocenters. The van der Waals surface area contributed by atoms with Crippen LogP contribution >= 0.6 is 0 Å². The van der Waals surface area contributed by atoms with E-state index < -0.39 is 24.5 Å². The fraction of sp³-hybridized carbons (Fsp3) is 0.300. The SMILES string of the molecule is Cc1c(C(=O)N2CCN(Cc3ccc(OCC(F)(F)F)cc3)CC2)nnn1Cc1ccc(C(=O)Nc2ccc(F)cc2)nc1. The Hall–Kier alpha value is -4.85. The topological polar surface area (TPSA) is 105 Å². The van der Waals surface area contributed by atoms with Gasteiger partial charge < -0.3 is 15.0 Å². The lowest BCUT2D eigenvalue weighted by atomic mass is 10.2. The zero-order valence-electron chi connectivity index (χ0n) is 23.7. The Morgan fingerprint density at radius 1 is 0.909 bits per heavy atom. The van der Waals surface area contributed by atoms with E-state index in [0.717, 1.165) is 11.1 Å². The molecule has 1 aliphatic heterocycles. The standard InChI is InChI=1S/C30H29F4N7O3/c1-20-27(29(43)40-14-12-39(13-15-40)17-21-2-9-25(10-3-21)44-19-30(32,33)34)37-38-41(20)18-22-4-11-26(35-16-22)28(42)36-24-7-5-23(31)6-8-24/h2-11,16H,12-15,17-19H2,1H3,(H,36,42). The molecule has 0 aliphatic carbocycles. The summed E-state index contributed by atoms with van der Waals surface area (Å²) in [5.41, 5.74) is 3.18. The summed E-state index contributed by atoms with van der Waals surface area (Å²) in [4.78, 5) is 33.8. The van der Waals surface area contributed by atoms with Gasteiger partial charge in [0.2, 0.25) is 0 Å². The number of ether oxygens (including phenoxy) is 1. The fourth-order valence-corrected chi connectivity index (χ4v) is 4.64. The maximum atomic E-state index is 13.2. The fourth-order valence-electron chi connectivity index (χ4n) is 4.64. The van der Waals surface area contributed by atoms with Crippen LogP contribution in [-0.2, 0) is 13.1 Å². The van der Waals surface area contributed by atoms with Gasteiger partial charge in [0.15, 0.2) is 12.3 Å². The first-order valence-corrected chi connectivity index (χ1v) is 13.8. The summed E-state index contributed by atoms with van der Waals surface area (Å²) in [5, 5.41) is 10.9. The van der Waals surface area contributed by atoms with Gasteiger partial charge in [0.1, 0.15) is 17.3 Å². The largest absolute Gasteiger partial charge is 0.484 e. The first-order valence-electron chi connectivity index (χ1n) is 13.8. The van der Waals surface area contributed by atoms with Crippen molar-refractivity contribution in [2.75, 3.05) is 38.1 Å². The van der Waals surface area contributed by atoms with Crippen LogP contribution < -0.4 is 10.1 Å². The Labute approximate surface area is 250 Å². The molecule has 1 fully saturated rings. The molecule has 1 aliphatic rings. The summed E-state index contributed by atoms with van der Waals surface area (Å²) in [7, 11) is 0. The molecule has 3 heterocycles. The first kappa shape index (κ1) is 30.6. The number of carbonyl (C=O) groups excluding carboxylic acids is 2. The number of nitrogens with one attached hydrogen (secondary N) is 1. The van der Waals surface area contributed by atoms with Gasteiger partial charge in [-0.25, -0.2) is 9.07 Å². The number of halogens is 4. The third kappa shape index (κ3) is 7.95. The Bertz CT molecular complexity index is 1580. The number of rotatable bonds is 9. The highest BCUT2D eigenvalue weighted by Gasteiger charge is 2.29. The zero-order valence-corrected chi connectivity index (χ0v) is 23.7. The molecule has 0 saturated carbocycles. The van der Waals surface area contributed by atoms with Crippen molar-refractivity contribution in [3.05, 3.63) is 101 Å². The molecular formula is C30H29F4N7O3. The zero-order chi connectivity index (χ0) is 31.3. The third-order valence-corrected chi connectivity index (χ3v) is 7.07. The van der Waals surface area contributed by atoms with Crippen molar-refractivity contribution in [3.63, 3.8) is 0 Å². The summed E-state index contributed by atoms with van der Waals surface area (Å²) in [6.45, 7) is 3.55. The summed E-state index contributed by atoms with van der Waals surface area (Å²) in [6, 6.07) is 15.2. The van der Waals surface area contributed by atoms with Crippen molar-refractivity contribution < 1.29 is 31.9 Å².